The van der Waals surface area contributed by atoms with Crippen LogP contribution in [-0.2, 0) is 9.59 Å². The standard InChI is InChI=1S/C15H18NO2.C8H5BrO.K/c1-9-6-7-10(8-13(9)18-2)16-15(17)14-11-4-3-5-12(11)14;1-6-7(5-10)3-2-4-8(6)9;/h3,6-8,11-12,14H,4-5H2,1-2H3,(H,16,17);2-4H,1H2;/q-1;-2;+1. The van der Waals surface area contributed by atoms with Gasteiger partial charge in [0, 0.05) is 17.7 Å². The summed E-state index contributed by atoms with van der Waals surface area (Å²) in [5.41, 5.74) is 3.11. The fourth-order valence-electron chi connectivity index (χ4n) is 3.74. The van der Waals surface area contributed by atoms with Crippen molar-refractivity contribution < 1.29 is 65.7 Å². The van der Waals surface area contributed by atoms with Gasteiger partial charge < -0.3 is 21.3 Å². The fourth-order valence-corrected chi connectivity index (χ4v) is 4.10. The van der Waals surface area contributed by atoms with Gasteiger partial charge in [-0.3, -0.25) is 22.8 Å². The first-order chi connectivity index (χ1) is 13.5. The van der Waals surface area contributed by atoms with Gasteiger partial charge >= 0.3 is 51.4 Å². The van der Waals surface area contributed by atoms with Gasteiger partial charge in [0.05, 0.1) is 7.11 Å². The third kappa shape index (κ3) is 5.96. The summed E-state index contributed by atoms with van der Waals surface area (Å²) < 4.78 is 6.10. The predicted octanol–water partition coefficient (Wildman–Crippen LogP) is 1.90. The summed E-state index contributed by atoms with van der Waals surface area (Å²) >= 11 is 3.25. The topological polar surface area (TPSA) is 55.4 Å². The Labute approximate surface area is 223 Å². The molecule has 2 aliphatic rings. The maximum Gasteiger partial charge on any atom is 1.00 e. The average molecular weight is 480 g/mol. The van der Waals surface area contributed by atoms with Crippen LogP contribution in [0.4, 0.5) is 5.69 Å². The number of hydrogen-bond acceptors (Lipinski definition) is 3. The second-order valence-corrected chi connectivity index (χ2v) is 8.01. The van der Waals surface area contributed by atoms with Gasteiger partial charge in [-0.05, 0) is 24.8 Å². The molecule has 0 heterocycles. The molecule has 2 fully saturated rings. The molecular formula is C23H23BrKNO3-2. The SMILES string of the molecule is COc1cc(NC(=O)C2C3C[CH-]CC32)ccc1C.[CH2-]c1c(Br)cccc1[C-]=O.[K+]. The number of methoxy groups -OCH3 is 1. The number of hydrogen-bond donors (Lipinski definition) is 1. The molecule has 2 aromatic rings. The van der Waals surface area contributed by atoms with E-state index in [-0.39, 0.29) is 63.2 Å². The van der Waals surface area contributed by atoms with E-state index in [0.29, 0.717) is 23.0 Å². The Hall–Kier alpha value is -0.634. The number of halogens is 1. The van der Waals surface area contributed by atoms with Gasteiger partial charge in [-0.15, -0.1) is 32.5 Å². The Morgan fingerprint density at radius 3 is 2.55 bits per heavy atom. The zero-order chi connectivity index (χ0) is 20.3. The van der Waals surface area contributed by atoms with Crippen LogP contribution in [0.2, 0.25) is 0 Å². The Morgan fingerprint density at radius 1 is 1.28 bits per heavy atom. The normalized spacial score (nSPS) is 21.0. The molecule has 0 bridgehead atoms. The van der Waals surface area contributed by atoms with Crippen LogP contribution in [0, 0.1) is 38.0 Å². The molecule has 4 rings (SSSR count). The van der Waals surface area contributed by atoms with Gasteiger partial charge in [-0.2, -0.15) is 12.8 Å². The summed E-state index contributed by atoms with van der Waals surface area (Å²) in [5, 5.41) is 3.00. The van der Waals surface area contributed by atoms with Crippen LogP contribution in [0.15, 0.2) is 40.9 Å². The number of carbonyl (C=O) groups is 1. The minimum atomic E-state index is 0. The maximum absolute atomic E-state index is 12.1. The Bertz CT molecular complexity index is 876. The van der Waals surface area contributed by atoms with Crippen LogP contribution in [-0.4, -0.2) is 19.3 Å². The average Bonchev–Trinajstić information content (AvgIpc) is 3.18. The summed E-state index contributed by atoms with van der Waals surface area (Å²) in [7, 11) is 1.65. The number of amides is 1. The van der Waals surface area contributed by atoms with Crippen LogP contribution in [0.25, 0.3) is 0 Å². The summed E-state index contributed by atoms with van der Waals surface area (Å²) in [5.74, 6) is 2.44. The molecule has 2 aromatic carbocycles. The van der Waals surface area contributed by atoms with Crippen molar-refractivity contribution in [2.75, 3.05) is 12.4 Å². The van der Waals surface area contributed by atoms with Crippen molar-refractivity contribution in [3.8, 4) is 5.75 Å². The van der Waals surface area contributed by atoms with Crippen molar-refractivity contribution in [1.82, 2.24) is 0 Å². The third-order valence-electron chi connectivity index (χ3n) is 5.42. The number of anilines is 1. The molecule has 0 aromatic heterocycles. The van der Waals surface area contributed by atoms with Crippen LogP contribution in [0.1, 0.15) is 29.5 Å². The van der Waals surface area contributed by atoms with Crippen LogP contribution in [0.5, 0.6) is 5.75 Å². The summed E-state index contributed by atoms with van der Waals surface area (Å²) in [4.78, 5) is 22.3. The van der Waals surface area contributed by atoms with E-state index in [4.69, 9.17) is 4.74 Å². The Kier molecular flexibility index (Phi) is 9.44. The van der Waals surface area contributed by atoms with Gasteiger partial charge in [0.15, 0.2) is 0 Å². The maximum atomic E-state index is 12.1. The minimum Gasteiger partial charge on any atom is -0.496 e. The van der Waals surface area contributed by atoms with Gasteiger partial charge in [-0.25, -0.2) is 6.07 Å². The van der Waals surface area contributed by atoms with Crippen LogP contribution in [0.3, 0.4) is 0 Å². The molecule has 6 heteroatoms. The molecule has 2 unspecified atom stereocenters. The van der Waals surface area contributed by atoms with E-state index in [1.807, 2.05) is 31.2 Å². The van der Waals surface area contributed by atoms with E-state index in [2.05, 4.69) is 34.6 Å². The first kappa shape index (κ1) is 24.6. The van der Waals surface area contributed by atoms with Crippen molar-refractivity contribution >= 4 is 33.8 Å². The minimum absolute atomic E-state index is 0. The largest absolute Gasteiger partial charge is 1.00 e. The molecule has 0 saturated heterocycles. The van der Waals surface area contributed by atoms with Gasteiger partial charge in [-0.1, -0.05) is 17.9 Å². The number of carbonyl (C=O) groups excluding carboxylic acids is 2. The number of benzene rings is 2. The van der Waals surface area contributed by atoms with Crippen molar-refractivity contribution in [1.29, 1.82) is 0 Å². The quantitative estimate of drug-likeness (QED) is 0.538. The van der Waals surface area contributed by atoms with Crippen molar-refractivity contribution in [3.63, 3.8) is 0 Å². The monoisotopic (exact) mass is 479 g/mol. The summed E-state index contributed by atoms with van der Waals surface area (Å²) in [6.45, 7) is 5.67. The number of aryl methyl sites for hydroxylation is 1. The molecule has 1 amide bonds. The zero-order valence-corrected chi connectivity index (χ0v) is 21.7. The molecule has 0 spiro atoms. The smallest absolute Gasteiger partial charge is 0.496 e. The molecule has 2 aliphatic carbocycles. The third-order valence-corrected chi connectivity index (χ3v) is 6.16. The molecule has 2 saturated carbocycles. The van der Waals surface area contributed by atoms with E-state index in [1.54, 1.807) is 25.5 Å². The van der Waals surface area contributed by atoms with Gasteiger partial charge in [0.25, 0.3) is 0 Å². The fraction of sp³-hybridized carbons (Fsp3) is 0.304. The molecule has 0 aliphatic heterocycles. The van der Waals surface area contributed by atoms with Gasteiger partial charge in [0.1, 0.15) is 5.75 Å². The molecule has 4 nitrogen and oxygen atoms in total. The molecule has 0 radical (unpaired) electrons. The molecule has 148 valence electrons. The summed E-state index contributed by atoms with van der Waals surface area (Å²) in [6.07, 6.45) is 6.32. The Morgan fingerprint density at radius 2 is 1.97 bits per heavy atom. The first-order valence-electron chi connectivity index (χ1n) is 9.22. The predicted molar refractivity (Wildman–Crippen MR) is 114 cm³/mol. The van der Waals surface area contributed by atoms with E-state index in [9.17, 15) is 9.59 Å². The van der Waals surface area contributed by atoms with Gasteiger partial charge in [0.2, 0.25) is 5.91 Å². The number of ether oxygens (including phenoxy) is 1. The van der Waals surface area contributed by atoms with E-state index < -0.39 is 0 Å². The number of rotatable bonds is 4. The molecular weight excluding hydrogens is 457 g/mol. The second-order valence-electron chi connectivity index (χ2n) is 7.16. The molecule has 2 atom stereocenters. The van der Waals surface area contributed by atoms with Crippen molar-refractivity contribution in [3.05, 3.63) is 70.9 Å². The number of fused-ring (bicyclic) bond motifs is 1. The summed E-state index contributed by atoms with van der Waals surface area (Å²) in [6, 6.07) is 11.1. The second kappa shape index (κ2) is 11.1. The number of nitrogens with one attached hydrogen (secondary N) is 1. The van der Waals surface area contributed by atoms with Crippen molar-refractivity contribution in [2.24, 2.45) is 17.8 Å². The first-order valence-corrected chi connectivity index (χ1v) is 10.0. The van der Waals surface area contributed by atoms with E-state index in [1.165, 1.54) is 0 Å². The zero-order valence-electron chi connectivity index (χ0n) is 17.0. The van der Waals surface area contributed by atoms with E-state index in [0.717, 1.165) is 34.3 Å². The van der Waals surface area contributed by atoms with E-state index >= 15 is 0 Å². The molecule has 29 heavy (non-hydrogen) atoms. The van der Waals surface area contributed by atoms with Crippen LogP contribution < -0.4 is 61.4 Å². The van der Waals surface area contributed by atoms with Crippen molar-refractivity contribution in [2.45, 2.75) is 19.8 Å². The molecule has 1 N–H and O–H groups in total. The Balaban J connectivity index is 0.000000234. The van der Waals surface area contributed by atoms with Crippen LogP contribution >= 0.6 is 15.9 Å².